The Labute approximate surface area is 178 Å². The van der Waals surface area contributed by atoms with Crippen LogP contribution in [0.3, 0.4) is 0 Å². The van der Waals surface area contributed by atoms with E-state index in [-0.39, 0.29) is 5.91 Å². The third-order valence-electron chi connectivity index (χ3n) is 4.47. The van der Waals surface area contributed by atoms with Gasteiger partial charge in [-0.1, -0.05) is 72.1 Å². The summed E-state index contributed by atoms with van der Waals surface area (Å²) < 4.78 is 6.09. The van der Waals surface area contributed by atoms with Crippen molar-refractivity contribution in [1.82, 2.24) is 0 Å². The molecule has 1 aliphatic heterocycles. The number of methoxy groups -OCH3 is 1. The number of benzene rings is 3. The predicted molar refractivity (Wildman–Crippen MR) is 123 cm³/mol. The van der Waals surface area contributed by atoms with Crippen molar-refractivity contribution >= 4 is 45.2 Å². The average molecular weight is 421 g/mol. The topological polar surface area (TPSA) is 50.7 Å². The second kappa shape index (κ2) is 9.20. The predicted octanol–water partition coefficient (Wildman–Crippen LogP) is 6.04. The Morgan fingerprint density at radius 3 is 2.52 bits per heavy atom. The molecule has 6 heteroatoms. The fourth-order valence-corrected chi connectivity index (χ4v) is 5.19. The molecule has 1 unspecified atom stereocenters. The van der Waals surface area contributed by atoms with Crippen LogP contribution in [0.15, 0.2) is 83.9 Å². The molecule has 4 nitrogen and oxygen atoms in total. The summed E-state index contributed by atoms with van der Waals surface area (Å²) in [5, 5.41) is 2.63. The summed E-state index contributed by atoms with van der Waals surface area (Å²) in [4.78, 5) is 17.9. The summed E-state index contributed by atoms with van der Waals surface area (Å²) in [6.45, 7) is 0. The van der Waals surface area contributed by atoms with E-state index in [1.54, 1.807) is 18.9 Å². The van der Waals surface area contributed by atoms with E-state index in [0.29, 0.717) is 0 Å². The van der Waals surface area contributed by atoms with E-state index in [1.165, 1.54) is 17.3 Å². The van der Waals surface area contributed by atoms with E-state index in [4.69, 9.17) is 9.73 Å². The number of nitrogens with zero attached hydrogens (tertiary/aromatic N) is 1. The highest BCUT2D eigenvalue weighted by atomic mass is 32.2. The van der Waals surface area contributed by atoms with E-state index in [1.807, 2.05) is 72.8 Å². The largest absolute Gasteiger partial charge is 0.497 e. The van der Waals surface area contributed by atoms with Crippen molar-refractivity contribution in [2.24, 2.45) is 4.99 Å². The number of hydrogen-bond donors (Lipinski definition) is 1. The first-order valence-corrected chi connectivity index (χ1v) is 11.1. The quantitative estimate of drug-likeness (QED) is 0.546. The van der Waals surface area contributed by atoms with E-state index < -0.39 is 5.25 Å². The van der Waals surface area contributed by atoms with Crippen molar-refractivity contribution in [1.29, 1.82) is 0 Å². The molecule has 0 spiro atoms. The number of aliphatic imine (C=N–C) groups is 1. The molecular weight excluding hydrogens is 400 g/mol. The lowest BCUT2D eigenvalue weighted by molar-refractivity contribution is -0.115. The molecule has 0 saturated carbocycles. The second-order valence-electron chi connectivity index (χ2n) is 6.42. The number of ether oxygens (including phenoxy) is 1. The van der Waals surface area contributed by atoms with Gasteiger partial charge in [0.1, 0.15) is 15.4 Å². The van der Waals surface area contributed by atoms with Crippen LogP contribution in [0.25, 0.3) is 0 Å². The minimum absolute atomic E-state index is 0.0754. The highest BCUT2D eigenvalue weighted by molar-refractivity contribution is 8.38. The van der Waals surface area contributed by atoms with Gasteiger partial charge in [-0.15, -0.1) is 0 Å². The molecule has 1 amide bonds. The minimum atomic E-state index is -0.394. The lowest BCUT2D eigenvalue weighted by atomic mass is 10.1. The van der Waals surface area contributed by atoms with Crippen LogP contribution in [-0.2, 0) is 10.5 Å². The van der Waals surface area contributed by atoms with Crippen LogP contribution < -0.4 is 10.1 Å². The normalized spacial score (nSPS) is 13.8. The number of nitrogens with one attached hydrogen (secondary N) is 1. The monoisotopic (exact) mass is 420 g/mol. The summed E-state index contributed by atoms with van der Waals surface area (Å²) >= 11 is 3.17. The van der Waals surface area contributed by atoms with Crippen LogP contribution in [0.2, 0.25) is 0 Å². The van der Waals surface area contributed by atoms with Crippen molar-refractivity contribution in [3.63, 3.8) is 0 Å². The van der Waals surface area contributed by atoms with Crippen molar-refractivity contribution < 1.29 is 9.53 Å². The molecule has 1 heterocycles. The molecule has 3 aromatic carbocycles. The third-order valence-corrected chi connectivity index (χ3v) is 6.92. The molecule has 3 aromatic rings. The summed E-state index contributed by atoms with van der Waals surface area (Å²) in [6.07, 6.45) is 0. The van der Waals surface area contributed by atoms with E-state index in [2.05, 4.69) is 11.4 Å². The maximum atomic E-state index is 13.2. The molecule has 0 fully saturated rings. The van der Waals surface area contributed by atoms with Crippen molar-refractivity contribution in [2.75, 3.05) is 12.4 Å². The summed E-state index contributed by atoms with van der Waals surface area (Å²) in [5.74, 6) is 1.54. The number of carbonyl (C=O) groups excluding carboxylic acids is 1. The van der Waals surface area contributed by atoms with Gasteiger partial charge in [-0.3, -0.25) is 4.79 Å². The number of thioether (sulfide) groups is 2. The zero-order valence-electron chi connectivity index (χ0n) is 15.9. The van der Waals surface area contributed by atoms with Crippen molar-refractivity contribution in [3.05, 3.63) is 90.0 Å². The van der Waals surface area contributed by atoms with Crippen molar-refractivity contribution in [2.45, 2.75) is 11.0 Å². The number of hydrogen-bond acceptors (Lipinski definition) is 5. The summed E-state index contributed by atoms with van der Waals surface area (Å²) in [7, 11) is 1.62. The molecule has 0 aliphatic carbocycles. The Balaban J connectivity index is 1.57. The van der Waals surface area contributed by atoms with Gasteiger partial charge in [0.2, 0.25) is 5.91 Å². The Kier molecular flexibility index (Phi) is 6.22. The van der Waals surface area contributed by atoms with Crippen LogP contribution in [0.5, 0.6) is 5.75 Å². The standard InChI is InChI=1S/C23H20N2O2S2/c1-27-19-13-11-18(12-14-19)24-22(26)21(16-7-3-2-4-8-16)29-23-25-20-10-6-5-9-17(20)15-28-23/h2-14,21H,15H2,1H3,(H,24,26). The number of carbonyl (C=O) groups is 1. The number of amides is 1. The molecular formula is C23H20N2O2S2. The molecule has 29 heavy (non-hydrogen) atoms. The number of rotatable bonds is 5. The van der Waals surface area contributed by atoms with Crippen LogP contribution in [0, 0.1) is 0 Å². The minimum Gasteiger partial charge on any atom is -0.497 e. The Hall–Kier alpha value is -2.70. The molecule has 1 N–H and O–H groups in total. The molecule has 0 radical (unpaired) electrons. The first kappa shape index (κ1) is 19.6. The summed E-state index contributed by atoms with van der Waals surface area (Å²) in [6, 6.07) is 25.3. The van der Waals surface area contributed by atoms with Crippen LogP contribution in [0.4, 0.5) is 11.4 Å². The third kappa shape index (κ3) is 4.83. The molecule has 1 atom stereocenters. The van der Waals surface area contributed by atoms with Gasteiger partial charge in [0.25, 0.3) is 0 Å². The maximum absolute atomic E-state index is 13.2. The van der Waals surface area contributed by atoms with Crippen molar-refractivity contribution in [3.8, 4) is 5.75 Å². The maximum Gasteiger partial charge on any atom is 0.242 e. The van der Waals surface area contributed by atoms with Gasteiger partial charge < -0.3 is 10.1 Å². The van der Waals surface area contributed by atoms with Crippen LogP contribution in [-0.4, -0.2) is 17.4 Å². The first-order valence-electron chi connectivity index (χ1n) is 9.19. The number of anilines is 1. The van der Waals surface area contributed by atoms with Gasteiger partial charge in [0.05, 0.1) is 12.8 Å². The van der Waals surface area contributed by atoms with Gasteiger partial charge in [0.15, 0.2) is 0 Å². The van der Waals surface area contributed by atoms with E-state index in [0.717, 1.165) is 32.8 Å². The van der Waals surface area contributed by atoms with Gasteiger partial charge >= 0.3 is 0 Å². The Morgan fingerprint density at radius 2 is 1.76 bits per heavy atom. The Morgan fingerprint density at radius 1 is 1.03 bits per heavy atom. The average Bonchev–Trinajstić information content (AvgIpc) is 2.78. The molecule has 0 bridgehead atoms. The van der Waals surface area contributed by atoms with Gasteiger partial charge in [0, 0.05) is 11.4 Å². The number of para-hydroxylation sites is 1. The first-order chi connectivity index (χ1) is 14.2. The SMILES string of the molecule is COc1ccc(NC(=O)C(SC2=Nc3ccccc3CS2)c2ccccc2)cc1. The smallest absolute Gasteiger partial charge is 0.242 e. The van der Waals surface area contributed by atoms with Gasteiger partial charge in [-0.25, -0.2) is 4.99 Å². The molecule has 0 aromatic heterocycles. The van der Waals surface area contributed by atoms with Gasteiger partial charge in [-0.05, 0) is 41.5 Å². The Bertz CT molecular complexity index is 1020. The van der Waals surface area contributed by atoms with Crippen LogP contribution >= 0.6 is 23.5 Å². The summed E-state index contributed by atoms with van der Waals surface area (Å²) in [5.41, 5.74) is 3.89. The zero-order chi connectivity index (χ0) is 20.1. The lowest BCUT2D eigenvalue weighted by Gasteiger charge is -2.20. The number of fused-ring (bicyclic) bond motifs is 1. The zero-order valence-corrected chi connectivity index (χ0v) is 17.5. The lowest BCUT2D eigenvalue weighted by Crippen LogP contribution is -2.20. The van der Waals surface area contributed by atoms with E-state index in [9.17, 15) is 4.79 Å². The second-order valence-corrected chi connectivity index (χ2v) is 8.74. The molecule has 1 aliphatic rings. The molecule has 4 rings (SSSR count). The van der Waals surface area contributed by atoms with Crippen LogP contribution in [0.1, 0.15) is 16.4 Å². The molecule has 0 saturated heterocycles. The highest BCUT2D eigenvalue weighted by Gasteiger charge is 2.25. The highest BCUT2D eigenvalue weighted by Crippen LogP contribution is 2.40. The van der Waals surface area contributed by atoms with E-state index >= 15 is 0 Å². The fraction of sp³-hybridized carbons (Fsp3) is 0.130. The molecule has 146 valence electrons. The van der Waals surface area contributed by atoms with Gasteiger partial charge in [-0.2, -0.15) is 0 Å². The fourth-order valence-electron chi connectivity index (χ4n) is 2.96.